The Hall–Kier alpha value is -2.93. The van der Waals surface area contributed by atoms with Crippen molar-refractivity contribution in [3.63, 3.8) is 0 Å². The van der Waals surface area contributed by atoms with E-state index in [0.29, 0.717) is 25.4 Å². The number of carbonyl (C=O) groups excluding carboxylic acids is 1. The van der Waals surface area contributed by atoms with Gasteiger partial charge in [-0.05, 0) is 38.0 Å². The van der Waals surface area contributed by atoms with Crippen LogP contribution in [0, 0.1) is 5.92 Å². The molecule has 1 aliphatic heterocycles. The molecular weight excluding hydrogens is 400 g/mol. The molecular formula is C23H24N2O4S. The molecule has 7 heteroatoms. The largest absolute Gasteiger partial charge is 0.466 e. The molecule has 0 radical (unpaired) electrons. The highest BCUT2D eigenvalue weighted by Gasteiger charge is 2.32. The molecule has 0 aliphatic carbocycles. The zero-order valence-corrected chi connectivity index (χ0v) is 17.6. The average molecular weight is 425 g/mol. The van der Waals surface area contributed by atoms with Gasteiger partial charge in [-0.25, -0.2) is 8.42 Å². The third-order valence-electron chi connectivity index (χ3n) is 5.41. The molecule has 156 valence electrons. The first-order valence-corrected chi connectivity index (χ1v) is 11.6. The van der Waals surface area contributed by atoms with E-state index in [1.807, 2.05) is 29.2 Å². The van der Waals surface area contributed by atoms with Crippen LogP contribution in [0.4, 0.5) is 5.69 Å². The molecule has 1 atom stereocenters. The first-order valence-electron chi connectivity index (χ1n) is 10.1. The van der Waals surface area contributed by atoms with Gasteiger partial charge in [0.2, 0.25) is 9.84 Å². The van der Waals surface area contributed by atoms with Crippen molar-refractivity contribution in [1.82, 2.24) is 4.98 Å². The molecule has 2 aromatic carbocycles. The third kappa shape index (κ3) is 3.77. The van der Waals surface area contributed by atoms with E-state index in [2.05, 4.69) is 4.98 Å². The number of rotatable bonds is 5. The van der Waals surface area contributed by atoms with E-state index < -0.39 is 9.84 Å². The number of nitrogens with zero attached hydrogens (tertiary/aromatic N) is 2. The zero-order valence-electron chi connectivity index (χ0n) is 16.8. The lowest BCUT2D eigenvalue weighted by Crippen LogP contribution is -2.40. The smallest absolute Gasteiger partial charge is 0.310 e. The normalized spacial score (nSPS) is 17.1. The number of ether oxygens (including phenoxy) is 1. The van der Waals surface area contributed by atoms with E-state index >= 15 is 0 Å². The van der Waals surface area contributed by atoms with E-state index in [0.717, 1.165) is 23.7 Å². The van der Waals surface area contributed by atoms with Gasteiger partial charge >= 0.3 is 5.97 Å². The number of pyridine rings is 1. The van der Waals surface area contributed by atoms with Gasteiger partial charge in [-0.1, -0.05) is 36.4 Å². The fraction of sp³-hybridized carbons (Fsp3) is 0.304. The number of piperidine rings is 1. The van der Waals surface area contributed by atoms with Crippen LogP contribution in [-0.2, 0) is 19.4 Å². The molecule has 6 nitrogen and oxygen atoms in total. The maximum atomic E-state index is 13.5. The lowest BCUT2D eigenvalue weighted by molar-refractivity contribution is -0.148. The van der Waals surface area contributed by atoms with E-state index in [9.17, 15) is 13.2 Å². The first-order chi connectivity index (χ1) is 14.5. The van der Waals surface area contributed by atoms with E-state index in [4.69, 9.17) is 4.74 Å². The second-order valence-electron chi connectivity index (χ2n) is 7.34. The molecule has 0 bridgehead atoms. The fourth-order valence-electron chi connectivity index (χ4n) is 3.99. The number of sulfone groups is 1. The minimum atomic E-state index is -3.78. The summed E-state index contributed by atoms with van der Waals surface area (Å²) in [7, 11) is -3.78. The van der Waals surface area contributed by atoms with Gasteiger partial charge in [0.1, 0.15) is 4.90 Å². The van der Waals surface area contributed by atoms with Crippen molar-refractivity contribution in [3.8, 4) is 0 Å². The summed E-state index contributed by atoms with van der Waals surface area (Å²) in [5.74, 6) is -0.508. The van der Waals surface area contributed by atoms with Gasteiger partial charge in [0.25, 0.3) is 0 Å². The Kier molecular flexibility index (Phi) is 5.72. The monoisotopic (exact) mass is 424 g/mol. The summed E-state index contributed by atoms with van der Waals surface area (Å²) in [5.41, 5.74) is 1.33. The van der Waals surface area contributed by atoms with Gasteiger partial charge < -0.3 is 9.64 Å². The lowest BCUT2D eigenvalue weighted by atomic mass is 9.97. The van der Waals surface area contributed by atoms with Crippen LogP contribution in [0.3, 0.4) is 0 Å². The average Bonchev–Trinajstić information content (AvgIpc) is 2.79. The Labute approximate surface area is 176 Å². The Morgan fingerprint density at radius 2 is 1.87 bits per heavy atom. The SMILES string of the molecule is CCOC(=O)C1CCCN(c2c(S(=O)(=O)c3ccccc3)cnc3ccccc23)C1. The van der Waals surface area contributed by atoms with Crippen molar-refractivity contribution < 1.29 is 17.9 Å². The van der Waals surface area contributed by atoms with Gasteiger partial charge in [-0.3, -0.25) is 9.78 Å². The Bertz CT molecular complexity index is 1160. The topological polar surface area (TPSA) is 76.6 Å². The minimum absolute atomic E-state index is 0.164. The van der Waals surface area contributed by atoms with E-state index in [1.54, 1.807) is 37.3 Å². The predicted molar refractivity (Wildman–Crippen MR) is 115 cm³/mol. The van der Waals surface area contributed by atoms with Gasteiger partial charge in [0.15, 0.2) is 0 Å². The van der Waals surface area contributed by atoms with Crippen LogP contribution in [0.25, 0.3) is 10.9 Å². The maximum absolute atomic E-state index is 13.5. The molecule has 1 aliphatic rings. The minimum Gasteiger partial charge on any atom is -0.466 e. The molecule has 1 saturated heterocycles. The van der Waals surface area contributed by atoms with Crippen LogP contribution in [0.1, 0.15) is 19.8 Å². The second-order valence-corrected chi connectivity index (χ2v) is 9.26. The Morgan fingerprint density at radius 1 is 1.13 bits per heavy atom. The van der Waals surface area contributed by atoms with Crippen molar-refractivity contribution in [2.24, 2.45) is 5.92 Å². The van der Waals surface area contributed by atoms with Crippen LogP contribution in [0.2, 0.25) is 0 Å². The van der Waals surface area contributed by atoms with Crippen LogP contribution >= 0.6 is 0 Å². The molecule has 0 N–H and O–H groups in total. The van der Waals surface area contributed by atoms with Crippen molar-refractivity contribution >= 4 is 32.4 Å². The van der Waals surface area contributed by atoms with Gasteiger partial charge in [0, 0.05) is 24.7 Å². The zero-order chi connectivity index (χ0) is 21.1. The molecule has 30 heavy (non-hydrogen) atoms. The number of para-hydroxylation sites is 1. The van der Waals surface area contributed by atoms with E-state index in [-0.39, 0.29) is 21.7 Å². The van der Waals surface area contributed by atoms with Crippen LogP contribution in [0.15, 0.2) is 70.6 Å². The molecule has 4 rings (SSSR count). The maximum Gasteiger partial charge on any atom is 0.310 e. The number of carbonyl (C=O) groups is 1. The van der Waals surface area contributed by atoms with E-state index in [1.165, 1.54) is 6.20 Å². The molecule has 1 aromatic heterocycles. The number of hydrogen-bond acceptors (Lipinski definition) is 6. The number of esters is 1. The number of benzene rings is 2. The highest BCUT2D eigenvalue weighted by atomic mass is 32.2. The first kappa shape index (κ1) is 20.3. The van der Waals surface area contributed by atoms with Crippen LogP contribution in [0.5, 0.6) is 0 Å². The summed E-state index contributed by atoms with van der Waals surface area (Å²) in [6.07, 6.45) is 2.96. The number of hydrogen-bond donors (Lipinski definition) is 0. The number of anilines is 1. The summed E-state index contributed by atoms with van der Waals surface area (Å²) in [4.78, 5) is 19.2. The van der Waals surface area contributed by atoms with Crippen molar-refractivity contribution in [2.75, 3.05) is 24.6 Å². The summed E-state index contributed by atoms with van der Waals surface area (Å²) in [5, 5.41) is 0.763. The second kappa shape index (κ2) is 8.44. The van der Waals surface area contributed by atoms with Gasteiger partial charge in [-0.15, -0.1) is 0 Å². The van der Waals surface area contributed by atoms with Crippen LogP contribution in [-0.4, -0.2) is 39.1 Å². The van der Waals surface area contributed by atoms with Crippen molar-refractivity contribution in [2.45, 2.75) is 29.6 Å². The Balaban J connectivity index is 1.86. The number of aromatic nitrogens is 1. The lowest BCUT2D eigenvalue weighted by Gasteiger charge is -2.35. The number of fused-ring (bicyclic) bond motifs is 1. The predicted octanol–water partition coefficient (Wildman–Crippen LogP) is 3.85. The summed E-state index contributed by atoms with van der Waals surface area (Å²) in [6, 6.07) is 15.9. The van der Waals surface area contributed by atoms with Crippen LogP contribution < -0.4 is 4.90 Å². The summed E-state index contributed by atoms with van der Waals surface area (Å²) < 4.78 is 32.2. The third-order valence-corrected chi connectivity index (χ3v) is 7.18. The van der Waals surface area contributed by atoms with Crippen molar-refractivity contribution in [1.29, 1.82) is 0 Å². The highest BCUT2D eigenvalue weighted by Crippen LogP contribution is 2.37. The highest BCUT2D eigenvalue weighted by molar-refractivity contribution is 7.91. The summed E-state index contributed by atoms with van der Waals surface area (Å²) >= 11 is 0. The summed E-state index contributed by atoms with van der Waals surface area (Å²) in [6.45, 7) is 3.21. The fourth-order valence-corrected chi connectivity index (χ4v) is 5.45. The molecule has 1 unspecified atom stereocenters. The molecule has 0 amide bonds. The van der Waals surface area contributed by atoms with Gasteiger partial charge in [0.05, 0.1) is 28.6 Å². The quantitative estimate of drug-likeness (QED) is 0.579. The molecule has 2 heterocycles. The molecule has 0 spiro atoms. The standard InChI is InChI=1S/C23H24N2O4S/c1-2-29-23(26)17-9-8-14-25(16-17)22-19-12-6-7-13-20(19)24-15-21(22)30(27,28)18-10-4-3-5-11-18/h3-7,10-13,15,17H,2,8-9,14,16H2,1H3. The molecule has 3 aromatic rings. The van der Waals surface area contributed by atoms with Gasteiger partial charge in [-0.2, -0.15) is 0 Å². The Morgan fingerprint density at radius 3 is 2.63 bits per heavy atom. The van der Waals surface area contributed by atoms with Crippen molar-refractivity contribution in [3.05, 3.63) is 60.8 Å². The molecule has 0 saturated carbocycles. The molecule has 1 fully saturated rings.